The number of amides is 1. The highest BCUT2D eigenvalue weighted by Gasteiger charge is 2.21. The molecule has 0 spiro atoms. The largest absolute Gasteiger partial charge is 0.393 e. The maximum Gasteiger partial charge on any atom is 0.253 e. The van der Waals surface area contributed by atoms with Gasteiger partial charge in [-0.1, -0.05) is 0 Å². The highest BCUT2D eigenvalue weighted by atomic mass is 16.3. The first-order chi connectivity index (χ1) is 8.69. The van der Waals surface area contributed by atoms with E-state index in [1.54, 1.807) is 25.4 Å². The van der Waals surface area contributed by atoms with Crippen molar-refractivity contribution in [1.82, 2.24) is 10.3 Å². The van der Waals surface area contributed by atoms with E-state index < -0.39 is 0 Å². The van der Waals surface area contributed by atoms with E-state index in [2.05, 4.69) is 15.6 Å². The number of hydrogen-bond donors (Lipinski definition) is 3. The summed E-state index contributed by atoms with van der Waals surface area (Å²) in [7, 11) is 1.79. The summed E-state index contributed by atoms with van der Waals surface area (Å²) in [6.07, 6.45) is 4.58. The molecule has 0 aromatic carbocycles. The predicted molar refractivity (Wildman–Crippen MR) is 69.5 cm³/mol. The molecule has 1 aliphatic carbocycles. The molecular weight excluding hydrogens is 230 g/mol. The summed E-state index contributed by atoms with van der Waals surface area (Å²) >= 11 is 0. The maximum absolute atomic E-state index is 12.0. The van der Waals surface area contributed by atoms with Crippen molar-refractivity contribution in [3.05, 3.63) is 23.9 Å². The van der Waals surface area contributed by atoms with Crippen molar-refractivity contribution in [1.29, 1.82) is 0 Å². The van der Waals surface area contributed by atoms with Crippen LogP contribution < -0.4 is 10.6 Å². The quantitative estimate of drug-likeness (QED) is 0.751. The van der Waals surface area contributed by atoms with Crippen molar-refractivity contribution < 1.29 is 9.90 Å². The Morgan fingerprint density at radius 2 is 2.06 bits per heavy atom. The summed E-state index contributed by atoms with van der Waals surface area (Å²) in [4.78, 5) is 16.1. The van der Waals surface area contributed by atoms with E-state index in [1.807, 2.05) is 0 Å². The third-order valence-electron chi connectivity index (χ3n) is 3.31. The molecule has 5 heteroatoms. The monoisotopic (exact) mass is 249 g/mol. The van der Waals surface area contributed by atoms with Crippen LogP contribution in [-0.2, 0) is 0 Å². The van der Waals surface area contributed by atoms with Gasteiger partial charge in [0.05, 0.1) is 11.7 Å². The molecule has 1 amide bonds. The van der Waals surface area contributed by atoms with Gasteiger partial charge in [0.15, 0.2) is 0 Å². The van der Waals surface area contributed by atoms with Gasteiger partial charge in [0.25, 0.3) is 5.91 Å². The van der Waals surface area contributed by atoms with Crippen LogP contribution in [0.2, 0.25) is 0 Å². The number of pyridine rings is 1. The minimum Gasteiger partial charge on any atom is -0.393 e. The Kier molecular flexibility index (Phi) is 4.15. The zero-order chi connectivity index (χ0) is 13.0. The van der Waals surface area contributed by atoms with E-state index in [9.17, 15) is 9.90 Å². The second-order valence-corrected chi connectivity index (χ2v) is 4.66. The number of hydrogen-bond acceptors (Lipinski definition) is 4. The number of aliphatic hydroxyl groups excluding tert-OH is 1. The van der Waals surface area contributed by atoms with Crippen molar-refractivity contribution in [3.8, 4) is 0 Å². The molecule has 0 unspecified atom stereocenters. The van der Waals surface area contributed by atoms with Crippen molar-refractivity contribution in [3.63, 3.8) is 0 Å². The van der Waals surface area contributed by atoms with Crippen LogP contribution >= 0.6 is 0 Å². The Morgan fingerprint density at radius 1 is 1.33 bits per heavy atom. The second kappa shape index (κ2) is 5.82. The molecule has 0 bridgehead atoms. The summed E-state index contributed by atoms with van der Waals surface area (Å²) in [5.74, 6) is 0.652. The van der Waals surface area contributed by atoms with Crippen molar-refractivity contribution >= 4 is 11.7 Å². The topological polar surface area (TPSA) is 74.2 Å². The number of aromatic nitrogens is 1. The first-order valence-electron chi connectivity index (χ1n) is 6.32. The molecule has 5 nitrogen and oxygen atoms in total. The number of nitrogens with one attached hydrogen (secondary N) is 2. The summed E-state index contributed by atoms with van der Waals surface area (Å²) in [6, 6.07) is 3.70. The van der Waals surface area contributed by atoms with Gasteiger partial charge in [-0.05, 0) is 37.8 Å². The summed E-state index contributed by atoms with van der Waals surface area (Å²) in [6.45, 7) is 0. The van der Waals surface area contributed by atoms with Crippen LogP contribution in [0.5, 0.6) is 0 Å². The number of aliphatic hydroxyl groups is 1. The molecule has 0 radical (unpaired) electrons. The highest BCUT2D eigenvalue weighted by Crippen LogP contribution is 2.18. The average Bonchev–Trinajstić information content (AvgIpc) is 2.41. The predicted octanol–water partition coefficient (Wildman–Crippen LogP) is 1.16. The first kappa shape index (κ1) is 12.8. The number of nitrogens with zero attached hydrogens (tertiary/aromatic N) is 1. The fourth-order valence-electron chi connectivity index (χ4n) is 2.16. The molecular formula is C13H19N3O2. The van der Waals surface area contributed by atoms with E-state index >= 15 is 0 Å². The Bertz CT molecular complexity index is 397. The fourth-order valence-corrected chi connectivity index (χ4v) is 2.16. The molecule has 1 aromatic rings. The Hall–Kier alpha value is -1.62. The zero-order valence-corrected chi connectivity index (χ0v) is 10.5. The van der Waals surface area contributed by atoms with Crippen LogP contribution in [0.25, 0.3) is 0 Å². The normalized spacial score (nSPS) is 23.4. The lowest BCUT2D eigenvalue weighted by molar-refractivity contribution is 0.0867. The SMILES string of the molecule is CNc1ccc(C(=O)NC2CCC(O)CC2)cn1. The van der Waals surface area contributed by atoms with Crippen molar-refractivity contribution in [2.75, 3.05) is 12.4 Å². The van der Waals surface area contributed by atoms with Crippen LogP contribution in [0.15, 0.2) is 18.3 Å². The summed E-state index contributed by atoms with van der Waals surface area (Å²) < 4.78 is 0. The molecule has 1 saturated carbocycles. The summed E-state index contributed by atoms with van der Waals surface area (Å²) in [5.41, 5.74) is 0.570. The lowest BCUT2D eigenvalue weighted by Gasteiger charge is -2.26. The third kappa shape index (κ3) is 3.20. The maximum atomic E-state index is 12.0. The fraction of sp³-hybridized carbons (Fsp3) is 0.538. The molecule has 1 fully saturated rings. The van der Waals surface area contributed by atoms with Gasteiger partial charge in [0, 0.05) is 19.3 Å². The smallest absolute Gasteiger partial charge is 0.253 e. The number of anilines is 1. The van der Waals surface area contributed by atoms with E-state index in [0.717, 1.165) is 31.5 Å². The van der Waals surface area contributed by atoms with Gasteiger partial charge in [-0.2, -0.15) is 0 Å². The third-order valence-corrected chi connectivity index (χ3v) is 3.31. The molecule has 3 N–H and O–H groups in total. The van der Waals surface area contributed by atoms with E-state index in [-0.39, 0.29) is 18.1 Å². The number of rotatable bonds is 3. The van der Waals surface area contributed by atoms with Crippen molar-refractivity contribution in [2.24, 2.45) is 0 Å². The van der Waals surface area contributed by atoms with Gasteiger partial charge in [0.1, 0.15) is 5.82 Å². The average molecular weight is 249 g/mol. The minimum absolute atomic E-state index is 0.0912. The zero-order valence-electron chi connectivity index (χ0n) is 10.5. The molecule has 0 atom stereocenters. The lowest BCUT2D eigenvalue weighted by Crippen LogP contribution is -2.38. The molecule has 18 heavy (non-hydrogen) atoms. The van der Waals surface area contributed by atoms with Crippen LogP contribution in [-0.4, -0.2) is 35.2 Å². The van der Waals surface area contributed by atoms with Gasteiger partial charge in [0.2, 0.25) is 0 Å². The molecule has 1 heterocycles. The van der Waals surface area contributed by atoms with E-state index in [1.165, 1.54) is 0 Å². The van der Waals surface area contributed by atoms with Gasteiger partial charge in [-0.25, -0.2) is 4.98 Å². The van der Waals surface area contributed by atoms with E-state index in [4.69, 9.17) is 0 Å². The molecule has 1 aliphatic rings. The molecule has 0 saturated heterocycles. The lowest BCUT2D eigenvalue weighted by atomic mass is 9.93. The van der Waals surface area contributed by atoms with E-state index in [0.29, 0.717) is 5.56 Å². The second-order valence-electron chi connectivity index (χ2n) is 4.66. The first-order valence-corrected chi connectivity index (χ1v) is 6.32. The van der Waals surface area contributed by atoms with Gasteiger partial charge >= 0.3 is 0 Å². The van der Waals surface area contributed by atoms with Crippen LogP contribution in [0, 0.1) is 0 Å². The van der Waals surface area contributed by atoms with Crippen LogP contribution in [0.1, 0.15) is 36.0 Å². The van der Waals surface area contributed by atoms with Crippen LogP contribution in [0.3, 0.4) is 0 Å². The standard InChI is InChI=1S/C13H19N3O2/c1-14-12-7-2-9(8-15-12)13(18)16-10-3-5-11(17)6-4-10/h2,7-8,10-11,17H,3-6H2,1H3,(H,14,15)(H,16,18). The number of carbonyl (C=O) groups excluding carboxylic acids is 1. The molecule has 2 rings (SSSR count). The van der Waals surface area contributed by atoms with Crippen molar-refractivity contribution in [2.45, 2.75) is 37.8 Å². The van der Waals surface area contributed by atoms with Gasteiger partial charge < -0.3 is 15.7 Å². The summed E-state index contributed by atoms with van der Waals surface area (Å²) in [5, 5.41) is 15.3. The highest BCUT2D eigenvalue weighted by molar-refractivity contribution is 5.94. The Morgan fingerprint density at radius 3 is 2.61 bits per heavy atom. The Balaban J connectivity index is 1.90. The number of carbonyl (C=O) groups is 1. The Labute approximate surface area is 107 Å². The molecule has 1 aromatic heterocycles. The van der Waals surface area contributed by atoms with Gasteiger partial charge in [-0.3, -0.25) is 4.79 Å². The van der Waals surface area contributed by atoms with Gasteiger partial charge in [-0.15, -0.1) is 0 Å². The minimum atomic E-state index is -0.199. The molecule has 0 aliphatic heterocycles. The van der Waals surface area contributed by atoms with Crippen LogP contribution in [0.4, 0.5) is 5.82 Å². The molecule has 98 valence electrons.